The molecule has 128 valence electrons. The first-order valence-corrected chi connectivity index (χ1v) is 7.96. The molecule has 2 rings (SSSR count). The lowest BCUT2D eigenvalue weighted by molar-refractivity contribution is 0.232. The highest BCUT2D eigenvalue weighted by Gasteiger charge is 2.14. The Morgan fingerprint density at radius 3 is 2.29 bits per heavy atom. The van der Waals surface area contributed by atoms with Crippen molar-refractivity contribution in [1.29, 1.82) is 0 Å². The highest BCUT2D eigenvalue weighted by Crippen LogP contribution is 2.16. The molecular formula is C19H25N3O2. The maximum Gasteiger partial charge on any atom is 0.315 e. The summed E-state index contributed by atoms with van der Waals surface area (Å²) in [4.78, 5) is 14.1. The summed E-state index contributed by atoms with van der Waals surface area (Å²) in [6.45, 7) is 1.03. The second-order valence-corrected chi connectivity index (χ2v) is 5.80. The summed E-state index contributed by atoms with van der Waals surface area (Å²) >= 11 is 0. The molecule has 0 bridgehead atoms. The van der Waals surface area contributed by atoms with Crippen LogP contribution in [-0.4, -0.2) is 38.7 Å². The Morgan fingerprint density at radius 1 is 1.04 bits per heavy atom. The number of methoxy groups -OCH3 is 1. The first-order chi connectivity index (χ1) is 11.6. The maximum atomic E-state index is 12.0. The Kier molecular flexibility index (Phi) is 6.63. The number of hydrogen-bond donors (Lipinski definition) is 2. The van der Waals surface area contributed by atoms with Crippen molar-refractivity contribution in [1.82, 2.24) is 15.5 Å². The van der Waals surface area contributed by atoms with Gasteiger partial charge in [0.05, 0.1) is 13.2 Å². The van der Waals surface area contributed by atoms with E-state index in [1.54, 1.807) is 7.11 Å². The summed E-state index contributed by atoms with van der Waals surface area (Å²) in [5, 5.41) is 5.81. The fourth-order valence-corrected chi connectivity index (χ4v) is 2.45. The normalized spacial score (nSPS) is 11.8. The van der Waals surface area contributed by atoms with Crippen molar-refractivity contribution in [2.75, 3.05) is 27.7 Å². The van der Waals surface area contributed by atoms with Gasteiger partial charge >= 0.3 is 6.03 Å². The Bertz CT molecular complexity index is 627. The van der Waals surface area contributed by atoms with Crippen molar-refractivity contribution in [3.63, 3.8) is 0 Å². The first-order valence-electron chi connectivity index (χ1n) is 7.96. The number of hydrogen-bond acceptors (Lipinski definition) is 3. The lowest BCUT2D eigenvalue weighted by Crippen LogP contribution is -2.40. The molecule has 2 N–H and O–H groups in total. The molecule has 0 saturated carbocycles. The van der Waals surface area contributed by atoms with Gasteiger partial charge in [0.25, 0.3) is 0 Å². The molecule has 0 aliphatic heterocycles. The summed E-state index contributed by atoms with van der Waals surface area (Å²) in [5.74, 6) is 0.805. The molecule has 5 heteroatoms. The van der Waals surface area contributed by atoms with Gasteiger partial charge in [0.15, 0.2) is 0 Å². The van der Waals surface area contributed by atoms with Crippen LogP contribution in [0, 0.1) is 0 Å². The molecule has 2 aromatic rings. The van der Waals surface area contributed by atoms with Crippen LogP contribution < -0.4 is 15.4 Å². The maximum absolute atomic E-state index is 12.0. The van der Waals surface area contributed by atoms with Crippen molar-refractivity contribution in [3.05, 3.63) is 65.7 Å². The van der Waals surface area contributed by atoms with Crippen LogP contribution in [0.2, 0.25) is 0 Å². The van der Waals surface area contributed by atoms with Gasteiger partial charge in [0, 0.05) is 13.1 Å². The lowest BCUT2D eigenvalue weighted by atomic mass is 10.1. The smallest absolute Gasteiger partial charge is 0.315 e. The van der Waals surface area contributed by atoms with Crippen molar-refractivity contribution < 1.29 is 9.53 Å². The number of rotatable bonds is 7. The summed E-state index contributed by atoms with van der Waals surface area (Å²) in [6.07, 6.45) is 0. The number of amides is 2. The number of carbonyl (C=O) groups excluding carboxylic acids is 1. The zero-order valence-electron chi connectivity index (χ0n) is 14.5. The Labute approximate surface area is 143 Å². The molecule has 0 saturated heterocycles. The minimum Gasteiger partial charge on any atom is -0.497 e. The van der Waals surface area contributed by atoms with Crippen LogP contribution in [0.1, 0.15) is 17.2 Å². The number of likely N-dealkylation sites (N-methyl/N-ethyl adjacent to an activating group) is 1. The van der Waals surface area contributed by atoms with Crippen LogP contribution in [0.15, 0.2) is 54.6 Å². The molecule has 1 atom stereocenters. The van der Waals surface area contributed by atoms with Gasteiger partial charge in [-0.05, 0) is 37.4 Å². The third-order valence-corrected chi connectivity index (χ3v) is 3.88. The van der Waals surface area contributed by atoms with Gasteiger partial charge in [0.1, 0.15) is 5.75 Å². The van der Waals surface area contributed by atoms with Gasteiger partial charge in [0.2, 0.25) is 0 Å². The van der Waals surface area contributed by atoms with Crippen molar-refractivity contribution in [2.45, 2.75) is 12.6 Å². The van der Waals surface area contributed by atoms with Crippen LogP contribution in [0.25, 0.3) is 0 Å². The second kappa shape index (κ2) is 8.93. The quantitative estimate of drug-likeness (QED) is 0.822. The fraction of sp³-hybridized carbons (Fsp3) is 0.316. The summed E-state index contributed by atoms with van der Waals surface area (Å²) < 4.78 is 5.12. The lowest BCUT2D eigenvalue weighted by Gasteiger charge is -2.25. The van der Waals surface area contributed by atoms with Crippen LogP contribution in [-0.2, 0) is 6.54 Å². The Morgan fingerprint density at radius 2 is 1.71 bits per heavy atom. The molecule has 2 amide bonds. The van der Waals surface area contributed by atoms with Gasteiger partial charge in [-0.15, -0.1) is 0 Å². The van der Waals surface area contributed by atoms with E-state index in [0.717, 1.165) is 11.3 Å². The molecule has 1 unspecified atom stereocenters. The van der Waals surface area contributed by atoms with E-state index in [9.17, 15) is 4.79 Å². The fourth-order valence-electron chi connectivity index (χ4n) is 2.45. The number of ether oxygens (including phenoxy) is 1. The van der Waals surface area contributed by atoms with Gasteiger partial charge in [-0.25, -0.2) is 4.79 Å². The van der Waals surface area contributed by atoms with E-state index >= 15 is 0 Å². The van der Waals surface area contributed by atoms with E-state index in [-0.39, 0.29) is 12.1 Å². The molecule has 5 nitrogen and oxygen atoms in total. The van der Waals surface area contributed by atoms with Gasteiger partial charge in [-0.1, -0.05) is 42.5 Å². The zero-order chi connectivity index (χ0) is 17.4. The molecule has 0 fully saturated rings. The average molecular weight is 327 g/mol. The third kappa shape index (κ3) is 5.28. The van der Waals surface area contributed by atoms with Crippen LogP contribution >= 0.6 is 0 Å². The highest BCUT2D eigenvalue weighted by atomic mass is 16.5. The number of carbonyl (C=O) groups is 1. The molecule has 24 heavy (non-hydrogen) atoms. The van der Waals surface area contributed by atoms with Crippen molar-refractivity contribution in [3.8, 4) is 5.75 Å². The van der Waals surface area contributed by atoms with E-state index < -0.39 is 0 Å². The second-order valence-electron chi connectivity index (χ2n) is 5.80. The van der Waals surface area contributed by atoms with Gasteiger partial charge in [-0.2, -0.15) is 0 Å². The average Bonchev–Trinajstić information content (AvgIpc) is 2.61. The molecule has 0 spiro atoms. The highest BCUT2D eigenvalue weighted by molar-refractivity contribution is 5.73. The summed E-state index contributed by atoms with van der Waals surface area (Å²) in [6, 6.07) is 17.8. The zero-order valence-corrected chi connectivity index (χ0v) is 14.5. The topological polar surface area (TPSA) is 53.6 Å². The number of benzene rings is 2. The molecule has 2 aromatic carbocycles. The minimum absolute atomic E-state index is 0.137. The van der Waals surface area contributed by atoms with Crippen LogP contribution in [0.3, 0.4) is 0 Å². The molecule has 0 aliphatic rings. The van der Waals surface area contributed by atoms with Crippen LogP contribution in [0.4, 0.5) is 4.79 Å². The Balaban J connectivity index is 1.82. The minimum atomic E-state index is -0.173. The van der Waals surface area contributed by atoms with Crippen LogP contribution in [0.5, 0.6) is 5.75 Å². The van der Waals surface area contributed by atoms with E-state index in [0.29, 0.717) is 13.1 Å². The largest absolute Gasteiger partial charge is 0.497 e. The van der Waals surface area contributed by atoms with Gasteiger partial charge in [-0.3, -0.25) is 0 Å². The molecular weight excluding hydrogens is 302 g/mol. The SMILES string of the molecule is COc1ccc(CNC(=O)NCC(c2ccccc2)N(C)C)cc1. The van der Waals surface area contributed by atoms with E-state index in [2.05, 4.69) is 27.7 Å². The van der Waals surface area contributed by atoms with E-state index in [4.69, 9.17) is 4.74 Å². The summed E-state index contributed by atoms with van der Waals surface area (Å²) in [5.41, 5.74) is 2.20. The molecule has 0 aliphatic carbocycles. The van der Waals surface area contributed by atoms with Crippen molar-refractivity contribution in [2.24, 2.45) is 0 Å². The number of nitrogens with zero attached hydrogens (tertiary/aromatic N) is 1. The molecule has 0 aromatic heterocycles. The third-order valence-electron chi connectivity index (χ3n) is 3.88. The van der Waals surface area contributed by atoms with E-state index in [1.165, 1.54) is 5.56 Å². The standard InChI is InChI=1S/C19H25N3O2/c1-22(2)18(16-7-5-4-6-8-16)14-21-19(23)20-13-15-9-11-17(24-3)12-10-15/h4-12,18H,13-14H2,1-3H3,(H2,20,21,23). The van der Waals surface area contributed by atoms with Crippen molar-refractivity contribution >= 4 is 6.03 Å². The monoisotopic (exact) mass is 327 g/mol. The Hall–Kier alpha value is -2.53. The number of urea groups is 1. The van der Waals surface area contributed by atoms with E-state index in [1.807, 2.05) is 56.6 Å². The predicted octanol–water partition coefficient (Wildman–Crippen LogP) is 2.80. The predicted molar refractivity (Wildman–Crippen MR) is 96.1 cm³/mol. The van der Waals surface area contributed by atoms with Gasteiger partial charge < -0.3 is 20.3 Å². The molecule has 0 radical (unpaired) electrons. The number of nitrogens with one attached hydrogen (secondary N) is 2. The first kappa shape index (κ1) is 17.8. The summed E-state index contributed by atoms with van der Waals surface area (Å²) in [7, 11) is 5.65. The molecule has 0 heterocycles.